The summed E-state index contributed by atoms with van der Waals surface area (Å²) < 4.78 is 5.12. The van der Waals surface area contributed by atoms with Crippen molar-refractivity contribution in [2.45, 2.75) is 31.4 Å². The molecule has 0 saturated heterocycles. The van der Waals surface area contributed by atoms with Crippen LogP contribution in [0.2, 0.25) is 0 Å². The number of hydrogen-bond donors (Lipinski definition) is 1. The molecule has 0 spiro atoms. The fraction of sp³-hybridized carbons (Fsp3) is 0.211. The Kier molecular flexibility index (Phi) is 5.19. The highest BCUT2D eigenvalue weighted by molar-refractivity contribution is 7.98. The monoisotopic (exact) mass is 353 g/mol. The first-order valence-electron chi connectivity index (χ1n) is 7.92. The van der Waals surface area contributed by atoms with Crippen LogP contribution in [0.3, 0.4) is 0 Å². The smallest absolute Gasteiger partial charge is 0.256 e. The summed E-state index contributed by atoms with van der Waals surface area (Å²) in [7, 11) is 0. The van der Waals surface area contributed by atoms with Gasteiger partial charge in [0.15, 0.2) is 5.82 Å². The molecule has 0 atom stereocenters. The molecule has 3 aromatic rings. The molecule has 2 aromatic carbocycles. The predicted molar refractivity (Wildman–Crippen MR) is 98.9 cm³/mol. The first-order chi connectivity index (χ1) is 12.0. The Hall–Kier alpha value is -2.60. The van der Waals surface area contributed by atoms with Gasteiger partial charge in [0.05, 0.1) is 11.3 Å². The van der Waals surface area contributed by atoms with Gasteiger partial charge in [0, 0.05) is 10.6 Å². The number of amides is 1. The van der Waals surface area contributed by atoms with Crippen LogP contribution >= 0.6 is 11.8 Å². The van der Waals surface area contributed by atoms with E-state index in [0.717, 1.165) is 16.1 Å². The molecule has 1 aromatic heterocycles. The summed E-state index contributed by atoms with van der Waals surface area (Å²) in [4.78, 5) is 17.7. The summed E-state index contributed by atoms with van der Waals surface area (Å²) in [6.07, 6.45) is 0. The van der Waals surface area contributed by atoms with Crippen molar-refractivity contribution in [1.82, 2.24) is 10.1 Å². The quantitative estimate of drug-likeness (QED) is 0.682. The molecule has 128 valence electrons. The molecule has 5 nitrogen and oxygen atoms in total. The molecule has 0 radical (unpaired) electrons. The van der Waals surface area contributed by atoms with E-state index in [1.165, 1.54) is 17.3 Å². The Morgan fingerprint density at radius 1 is 1.12 bits per heavy atom. The van der Waals surface area contributed by atoms with Gasteiger partial charge in [-0.2, -0.15) is 4.98 Å². The third-order valence-corrected chi connectivity index (χ3v) is 4.88. The lowest BCUT2D eigenvalue weighted by Crippen LogP contribution is -2.13. The molecule has 1 N–H and O–H groups in total. The maximum absolute atomic E-state index is 12.7. The number of aromatic nitrogens is 2. The molecule has 0 unspecified atom stereocenters. The van der Waals surface area contributed by atoms with Crippen molar-refractivity contribution in [3.8, 4) is 0 Å². The Bertz CT molecular complexity index is 905. The van der Waals surface area contributed by atoms with Crippen LogP contribution in [0.15, 0.2) is 51.9 Å². The summed E-state index contributed by atoms with van der Waals surface area (Å²) >= 11 is 1.50. The number of anilines is 1. The van der Waals surface area contributed by atoms with Crippen LogP contribution in [-0.4, -0.2) is 16.0 Å². The van der Waals surface area contributed by atoms with E-state index in [-0.39, 0.29) is 5.91 Å². The Labute approximate surface area is 150 Å². The molecule has 25 heavy (non-hydrogen) atoms. The first-order valence-corrected chi connectivity index (χ1v) is 8.91. The third kappa shape index (κ3) is 4.28. The number of rotatable bonds is 5. The molecule has 3 rings (SSSR count). The summed E-state index contributed by atoms with van der Waals surface area (Å²) in [5.41, 5.74) is 3.76. The molecule has 0 fully saturated rings. The van der Waals surface area contributed by atoms with Gasteiger partial charge in [-0.05, 0) is 56.2 Å². The second-order valence-corrected chi connectivity index (χ2v) is 6.79. The van der Waals surface area contributed by atoms with E-state index in [1.54, 1.807) is 6.92 Å². The maximum atomic E-state index is 12.7. The van der Waals surface area contributed by atoms with E-state index in [1.807, 2.05) is 56.3 Å². The predicted octanol–water partition coefficient (Wildman–Crippen LogP) is 4.54. The van der Waals surface area contributed by atoms with Gasteiger partial charge in [-0.25, -0.2) is 0 Å². The van der Waals surface area contributed by atoms with Crippen molar-refractivity contribution in [3.63, 3.8) is 0 Å². The van der Waals surface area contributed by atoms with Crippen LogP contribution in [0.25, 0.3) is 0 Å². The largest absolute Gasteiger partial charge is 0.338 e. The zero-order chi connectivity index (χ0) is 17.8. The highest BCUT2D eigenvalue weighted by atomic mass is 32.2. The van der Waals surface area contributed by atoms with Crippen LogP contribution in [0.1, 0.15) is 33.2 Å². The Morgan fingerprint density at radius 2 is 1.92 bits per heavy atom. The minimum absolute atomic E-state index is 0.131. The maximum Gasteiger partial charge on any atom is 0.256 e. The standard InChI is InChI=1S/C19H19N3O2S/c1-12-8-9-15(10-13(12)2)21-19(23)16-6-4-5-7-17(16)25-11-18-20-14(3)22-24-18/h4-10H,11H2,1-3H3,(H,21,23). The van der Waals surface area contributed by atoms with Gasteiger partial charge in [-0.15, -0.1) is 11.8 Å². The fourth-order valence-corrected chi connectivity index (χ4v) is 3.22. The second kappa shape index (κ2) is 7.53. The number of nitrogens with one attached hydrogen (secondary N) is 1. The minimum Gasteiger partial charge on any atom is -0.338 e. The molecule has 0 aliphatic heterocycles. The van der Waals surface area contributed by atoms with Gasteiger partial charge >= 0.3 is 0 Å². The van der Waals surface area contributed by atoms with Gasteiger partial charge in [0.2, 0.25) is 5.89 Å². The van der Waals surface area contributed by atoms with Crippen LogP contribution in [-0.2, 0) is 5.75 Å². The van der Waals surface area contributed by atoms with Gasteiger partial charge in [-0.1, -0.05) is 23.4 Å². The van der Waals surface area contributed by atoms with Gasteiger partial charge in [-0.3, -0.25) is 4.79 Å². The number of carbonyl (C=O) groups is 1. The summed E-state index contributed by atoms with van der Waals surface area (Å²) in [6.45, 7) is 5.86. The number of carbonyl (C=O) groups excluding carboxylic acids is 1. The molecule has 0 bridgehead atoms. The second-order valence-electron chi connectivity index (χ2n) is 5.77. The molecular weight excluding hydrogens is 334 g/mol. The van der Waals surface area contributed by atoms with Crippen molar-refractivity contribution in [2.75, 3.05) is 5.32 Å². The van der Waals surface area contributed by atoms with Crippen molar-refractivity contribution >= 4 is 23.4 Å². The van der Waals surface area contributed by atoms with Gasteiger partial charge in [0.25, 0.3) is 5.91 Å². The molecular formula is C19H19N3O2S. The average Bonchev–Trinajstić information content (AvgIpc) is 3.02. The van der Waals surface area contributed by atoms with Gasteiger partial charge < -0.3 is 9.84 Å². The number of thioether (sulfide) groups is 1. The fourth-order valence-electron chi connectivity index (χ4n) is 2.34. The van der Waals surface area contributed by atoms with Crippen LogP contribution < -0.4 is 5.32 Å². The number of nitrogens with zero attached hydrogens (tertiary/aromatic N) is 2. The Balaban J connectivity index is 1.74. The SMILES string of the molecule is Cc1noc(CSc2ccccc2C(=O)Nc2ccc(C)c(C)c2)n1. The van der Waals surface area contributed by atoms with Crippen molar-refractivity contribution in [2.24, 2.45) is 0 Å². The van der Waals surface area contributed by atoms with E-state index in [0.29, 0.717) is 23.0 Å². The molecule has 6 heteroatoms. The summed E-state index contributed by atoms with van der Waals surface area (Å²) in [6, 6.07) is 13.4. The normalized spacial score (nSPS) is 10.7. The zero-order valence-corrected chi connectivity index (χ0v) is 15.2. The van der Waals surface area contributed by atoms with Crippen LogP contribution in [0.5, 0.6) is 0 Å². The lowest BCUT2D eigenvalue weighted by molar-refractivity contribution is 0.102. The van der Waals surface area contributed by atoms with Crippen molar-refractivity contribution in [3.05, 3.63) is 70.9 Å². The third-order valence-electron chi connectivity index (χ3n) is 3.82. The number of aryl methyl sites for hydroxylation is 3. The highest BCUT2D eigenvalue weighted by Gasteiger charge is 2.13. The lowest BCUT2D eigenvalue weighted by Gasteiger charge is -2.10. The minimum atomic E-state index is -0.131. The number of hydrogen-bond acceptors (Lipinski definition) is 5. The van der Waals surface area contributed by atoms with E-state index < -0.39 is 0 Å². The lowest BCUT2D eigenvalue weighted by atomic mass is 10.1. The van der Waals surface area contributed by atoms with E-state index in [4.69, 9.17) is 4.52 Å². The zero-order valence-electron chi connectivity index (χ0n) is 14.4. The topological polar surface area (TPSA) is 68.0 Å². The van der Waals surface area contributed by atoms with E-state index >= 15 is 0 Å². The molecule has 1 amide bonds. The van der Waals surface area contributed by atoms with Crippen LogP contribution in [0, 0.1) is 20.8 Å². The summed E-state index contributed by atoms with van der Waals surface area (Å²) in [5.74, 6) is 1.55. The van der Waals surface area contributed by atoms with E-state index in [2.05, 4.69) is 15.5 Å². The first kappa shape index (κ1) is 17.2. The van der Waals surface area contributed by atoms with Crippen molar-refractivity contribution < 1.29 is 9.32 Å². The average molecular weight is 353 g/mol. The summed E-state index contributed by atoms with van der Waals surface area (Å²) in [5, 5.41) is 6.74. The molecule has 0 saturated carbocycles. The Morgan fingerprint density at radius 3 is 2.64 bits per heavy atom. The van der Waals surface area contributed by atoms with Gasteiger partial charge in [0.1, 0.15) is 0 Å². The van der Waals surface area contributed by atoms with E-state index in [9.17, 15) is 4.79 Å². The molecule has 0 aliphatic rings. The molecule has 1 heterocycles. The van der Waals surface area contributed by atoms with Crippen LogP contribution in [0.4, 0.5) is 5.69 Å². The van der Waals surface area contributed by atoms with Crippen molar-refractivity contribution in [1.29, 1.82) is 0 Å². The molecule has 0 aliphatic carbocycles. The highest BCUT2D eigenvalue weighted by Crippen LogP contribution is 2.26. The number of benzene rings is 2.